The summed E-state index contributed by atoms with van der Waals surface area (Å²) in [7, 11) is -1.83. The molecule has 0 saturated heterocycles. The Morgan fingerprint density at radius 3 is 2.68 bits per heavy atom. The number of hydrogen-bond acceptors (Lipinski definition) is 4. The minimum absolute atomic E-state index is 0.173. The summed E-state index contributed by atoms with van der Waals surface area (Å²) in [6.07, 6.45) is 1.49. The maximum Gasteiger partial charge on any atom is 0.242 e. The molecule has 0 spiro atoms. The summed E-state index contributed by atoms with van der Waals surface area (Å²) in [5, 5.41) is 9.07. The Labute approximate surface area is 116 Å². The molecule has 0 amide bonds. The third-order valence-corrected chi connectivity index (χ3v) is 5.16. The average molecular weight is 300 g/mol. The van der Waals surface area contributed by atoms with Crippen LogP contribution in [-0.2, 0) is 30.2 Å². The molecule has 0 radical (unpaired) electrons. The predicted octanol–water partition coefficient (Wildman–Crippen LogP) is 1.37. The third kappa shape index (κ3) is 3.24. The summed E-state index contributed by atoms with van der Waals surface area (Å²) >= 11 is 1.56. The Hall–Kier alpha value is -1.15. The smallest absolute Gasteiger partial charge is 0.242 e. The lowest BCUT2D eigenvalue weighted by molar-refractivity contribution is 0.272. The van der Waals surface area contributed by atoms with E-state index in [2.05, 4.69) is 4.72 Å². The molecule has 2 aromatic heterocycles. The van der Waals surface area contributed by atoms with E-state index in [1.807, 2.05) is 19.1 Å². The van der Waals surface area contributed by atoms with Crippen molar-refractivity contribution in [2.45, 2.75) is 25.0 Å². The molecule has 0 bridgehead atoms. The van der Waals surface area contributed by atoms with Crippen molar-refractivity contribution in [1.82, 2.24) is 9.29 Å². The number of nitrogens with zero attached hydrogens (tertiary/aromatic N) is 1. The molecular formula is C12H16N2O3S2. The molecule has 0 atom stereocenters. The van der Waals surface area contributed by atoms with Crippen LogP contribution in [0.25, 0.3) is 0 Å². The van der Waals surface area contributed by atoms with Gasteiger partial charge in [-0.15, -0.1) is 11.3 Å². The van der Waals surface area contributed by atoms with Crippen LogP contribution in [0.3, 0.4) is 0 Å². The van der Waals surface area contributed by atoms with Gasteiger partial charge in [-0.3, -0.25) is 0 Å². The van der Waals surface area contributed by atoms with Crippen molar-refractivity contribution in [2.24, 2.45) is 7.05 Å². The summed E-state index contributed by atoms with van der Waals surface area (Å²) < 4.78 is 28.3. The van der Waals surface area contributed by atoms with Gasteiger partial charge in [0.25, 0.3) is 0 Å². The molecule has 0 aliphatic carbocycles. The Morgan fingerprint density at radius 2 is 2.16 bits per heavy atom. The van der Waals surface area contributed by atoms with Crippen LogP contribution in [0.2, 0.25) is 0 Å². The highest BCUT2D eigenvalue weighted by atomic mass is 32.2. The van der Waals surface area contributed by atoms with E-state index in [1.165, 1.54) is 12.3 Å². The fraction of sp³-hybridized carbons (Fsp3) is 0.333. The first-order chi connectivity index (χ1) is 8.92. The second kappa shape index (κ2) is 5.46. The van der Waals surface area contributed by atoms with Crippen LogP contribution in [-0.4, -0.2) is 18.1 Å². The normalized spacial score (nSPS) is 11.9. The average Bonchev–Trinajstić information content (AvgIpc) is 2.93. The van der Waals surface area contributed by atoms with Gasteiger partial charge in [-0.2, -0.15) is 0 Å². The molecule has 5 nitrogen and oxygen atoms in total. The maximum atomic E-state index is 12.1. The summed E-state index contributed by atoms with van der Waals surface area (Å²) in [5.41, 5.74) is 0.562. The number of sulfonamides is 1. The Bertz CT molecular complexity index is 671. The zero-order valence-electron chi connectivity index (χ0n) is 10.8. The summed E-state index contributed by atoms with van der Waals surface area (Å²) in [5.74, 6) is 0. The number of thiophene rings is 1. The lowest BCUT2D eigenvalue weighted by Crippen LogP contribution is -2.22. The second-order valence-corrected chi connectivity index (χ2v) is 7.41. The number of aliphatic hydroxyl groups is 1. The van der Waals surface area contributed by atoms with Gasteiger partial charge in [0, 0.05) is 35.2 Å². The lowest BCUT2D eigenvalue weighted by Gasteiger charge is -2.02. The van der Waals surface area contributed by atoms with Gasteiger partial charge < -0.3 is 9.67 Å². The molecule has 0 saturated carbocycles. The number of aliphatic hydroxyl groups excluding tert-OH is 1. The van der Waals surface area contributed by atoms with Crippen LogP contribution in [0.1, 0.15) is 15.4 Å². The molecule has 2 aromatic rings. The van der Waals surface area contributed by atoms with Gasteiger partial charge in [-0.25, -0.2) is 13.1 Å². The predicted molar refractivity (Wildman–Crippen MR) is 74.4 cm³/mol. The van der Waals surface area contributed by atoms with Crippen molar-refractivity contribution in [1.29, 1.82) is 0 Å². The fourth-order valence-electron chi connectivity index (χ4n) is 1.71. The molecule has 104 valence electrons. The van der Waals surface area contributed by atoms with E-state index in [-0.39, 0.29) is 18.0 Å². The number of aryl methyl sites for hydroxylation is 2. The minimum Gasteiger partial charge on any atom is -0.390 e. The van der Waals surface area contributed by atoms with Crippen LogP contribution in [0.15, 0.2) is 29.3 Å². The number of nitrogens with one attached hydrogen (secondary N) is 1. The minimum atomic E-state index is -3.54. The van der Waals surface area contributed by atoms with Crippen LogP contribution < -0.4 is 4.72 Å². The van der Waals surface area contributed by atoms with E-state index in [9.17, 15) is 8.42 Å². The van der Waals surface area contributed by atoms with Gasteiger partial charge in [0.15, 0.2) is 0 Å². The van der Waals surface area contributed by atoms with Crippen molar-refractivity contribution < 1.29 is 13.5 Å². The third-order valence-electron chi connectivity index (χ3n) is 2.79. The van der Waals surface area contributed by atoms with Gasteiger partial charge in [0.2, 0.25) is 10.0 Å². The van der Waals surface area contributed by atoms with Gasteiger partial charge in [0.05, 0.1) is 11.5 Å². The van der Waals surface area contributed by atoms with Crippen LogP contribution >= 0.6 is 11.3 Å². The molecule has 0 aliphatic heterocycles. The van der Waals surface area contributed by atoms with Crippen LogP contribution in [0, 0.1) is 6.92 Å². The Kier molecular flexibility index (Phi) is 4.10. The molecule has 2 rings (SSSR count). The van der Waals surface area contributed by atoms with E-state index >= 15 is 0 Å². The highest BCUT2D eigenvalue weighted by molar-refractivity contribution is 7.89. The first-order valence-corrected chi connectivity index (χ1v) is 8.03. The van der Waals surface area contributed by atoms with E-state index in [1.54, 1.807) is 23.0 Å². The second-order valence-electron chi connectivity index (χ2n) is 4.27. The van der Waals surface area contributed by atoms with Crippen molar-refractivity contribution >= 4 is 21.4 Å². The summed E-state index contributed by atoms with van der Waals surface area (Å²) in [6, 6.07) is 5.34. The zero-order valence-corrected chi connectivity index (χ0v) is 12.4. The van der Waals surface area contributed by atoms with Gasteiger partial charge in [-0.1, -0.05) is 0 Å². The highest BCUT2D eigenvalue weighted by Crippen LogP contribution is 2.17. The zero-order chi connectivity index (χ0) is 14.0. The quantitative estimate of drug-likeness (QED) is 0.876. The Balaban J connectivity index is 2.13. The van der Waals surface area contributed by atoms with Gasteiger partial charge in [0.1, 0.15) is 0 Å². The topological polar surface area (TPSA) is 71.3 Å². The molecule has 19 heavy (non-hydrogen) atoms. The molecule has 0 aliphatic rings. The molecule has 0 fully saturated rings. The summed E-state index contributed by atoms with van der Waals surface area (Å²) in [4.78, 5) is 2.29. The molecule has 7 heteroatoms. The SMILES string of the molecule is Cc1ccc(CNS(=O)(=O)c2cc(CO)n(C)c2)s1. The number of rotatable bonds is 5. The first-order valence-electron chi connectivity index (χ1n) is 5.73. The molecule has 0 unspecified atom stereocenters. The van der Waals surface area contributed by atoms with E-state index in [4.69, 9.17) is 5.11 Å². The van der Waals surface area contributed by atoms with Crippen molar-refractivity contribution in [2.75, 3.05) is 0 Å². The van der Waals surface area contributed by atoms with E-state index in [0.717, 1.165) is 9.75 Å². The van der Waals surface area contributed by atoms with Gasteiger partial charge in [-0.05, 0) is 25.1 Å². The maximum absolute atomic E-state index is 12.1. The Morgan fingerprint density at radius 1 is 1.42 bits per heavy atom. The monoisotopic (exact) mass is 300 g/mol. The highest BCUT2D eigenvalue weighted by Gasteiger charge is 2.17. The first kappa shape index (κ1) is 14.3. The van der Waals surface area contributed by atoms with Crippen LogP contribution in [0.5, 0.6) is 0 Å². The van der Waals surface area contributed by atoms with Crippen LogP contribution in [0.4, 0.5) is 0 Å². The standard InChI is InChI=1S/C12H16N2O3S2/c1-9-3-4-11(18-9)6-13-19(16,17)12-5-10(8-15)14(2)7-12/h3-5,7,13,15H,6,8H2,1-2H3. The van der Waals surface area contributed by atoms with E-state index < -0.39 is 10.0 Å². The van der Waals surface area contributed by atoms with Crippen molar-refractivity contribution in [3.8, 4) is 0 Å². The fourth-order valence-corrected chi connectivity index (χ4v) is 3.73. The van der Waals surface area contributed by atoms with Crippen molar-refractivity contribution in [3.63, 3.8) is 0 Å². The summed E-state index contributed by atoms with van der Waals surface area (Å²) in [6.45, 7) is 2.08. The molecular weight excluding hydrogens is 284 g/mol. The largest absolute Gasteiger partial charge is 0.390 e. The lowest BCUT2D eigenvalue weighted by atomic mass is 10.4. The van der Waals surface area contributed by atoms with Crippen molar-refractivity contribution in [3.05, 3.63) is 39.8 Å². The van der Waals surface area contributed by atoms with Gasteiger partial charge >= 0.3 is 0 Å². The molecule has 2 heterocycles. The molecule has 0 aromatic carbocycles. The molecule has 2 N–H and O–H groups in total. The number of aromatic nitrogens is 1. The van der Waals surface area contributed by atoms with E-state index in [0.29, 0.717) is 5.69 Å². The number of hydrogen-bond donors (Lipinski definition) is 2.